The molecular formula is C14H21BBrNO4. The van der Waals surface area contributed by atoms with E-state index in [4.69, 9.17) is 4.65 Å². The monoisotopic (exact) mass is 357 g/mol. The van der Waals surface area contributed by atoms with Crippen LogP contribution in [0.15, 0.2) is 24.3 Å². The van der Waals surface area contributed by atoms with Crippen LogP contribution in [0.1, 0.15) is 27.7 Å². The molecule has 1 aromatic rings. The second kappa shape index (κ2) is 6.92. The first-order valence-corrected chi connectivity index (χ1v) is 7.73. The van der Waals surface area contributed by atoms with Gasteiger partial charge in [0.1, 0.15) is 0 Å². The molecule has 0 spiro atoms. The summed E-state index contributed by atoms with van der Waals surface area (Å²) in [6.45, 7) is 6.64. The van der Waals surface area contributed by atoms with E-state index in [1.54, 1.807) is 52.0 Å². The number of amides is 1. The van der Waals surface area contributed by atoms with E-state index >= 15 is 0 Å². The van der Waals surface area contributed by atoms with Crippen LogP contribution in [0.2, 0.25) is 0 Å². The number of anilines is 1. The van der Waals surface area contributed by atoms with Gasteiger partial charge in [-0.25, -0.2) is 0 Å². The summed E-state index contributed by atoms with van der Waals surface area (Å²) in [4.78, 5) is 11.3. The van der Waals surface area contributed by atoms with Crippen molar-refractivity contribution in [2.75, 3.05) is 10.6 Å². The number of aliphatic hydroxyl groups is 1. The zero-order chi connectivity index (χ0) is 16.3. The molecule has 116 valence electrons. The van der Waals surface area contributed by atoms with Crippen molar-refractivity contribution in [1.82, 2.24) is 0 Å². The fourth-order valence-electron chi connectivity index (χ4n) is 1.46. The molecule has 3 N–H and O–H groups in total. The van der Waals surface area contributed by atoms with Crippen molar-refractivity contribution in [1.29, 1.82) is 0 Å². The van der Waals surface area contributed by atoms with Gasteiger partial charge in [-0.3, -0.25) is 4.79 Å². The maximum Gasteiger partial charge on any atom is 0.491 e. The van der Waals surface area contributed by atoms with E-state index in [1.807, 2.05) is 0 Å². The van der Waals surface area contributed by atoms with E-state index in [-0.39, 0.29) is 11.2 Å². The van der Waals surface area contributed by atoms with E-state index in [0.717, 1.165) is 0 Å². The standard InChI is InChI=1S/C14H21BBrNO4/c1-13(2,19)14(3,4)21-15(20)10-6-5-7-11(8-10)17-12(18)9-16/h5-8,19-20H,9H2,1-4H3,(H,17,18). The Labute approximate surface area is 134 Å². The van der Waals surface area contributed by atoms with Gasteiger partial charge in [0.05, 0.1) is 16.5 Å². The van der Waals surface area contributed by atoms with Gasteiger partial charge in [-0.1, -0.05) is 28.1 Å². The zero-order valence-corrected chi connectivity index (χ0v) is 14.3. The van der Waals surface area contributed by atoms with E-state index < -0.39 is 18.3 Å². The topological polar surface area (TPSA) is 78.8 Å². The largest absolute Gasteiger partial charge is 0.491 e. The fraction of sp³-hybridized carbons (Fsp3) is 0.500. The van der Waals surface area contributed by atoms with E-state index in [9.17, 15) is 14.9 Å². The van der Waals surface area contributed by atoms with Gasteiger partial charge < -0.3 is 20.1 Å². The van der Waals surface area contributed by atoms with Gasteiger partial charge >= 0.3 is 7.12 Å². The molecule has 0 aliphatic carbocycles. The van der Waals surface area contributed by atoms with Gasteiger partial charge in [0, 0.05) is 5.69 Å². The molecule has 1 rings (SSSR count). The molecular weight excluding hydrogens is 337 g/mol. The summed E-state index contributed by atoms with van der Waals surface area (Å²) in [5.74, 6) is -0.181. The summed E-state index contributed by atoms with van der Waals surface area (Å²) in [6.07, 6.45) is 0. The Bertz CT molecular complexity index is 502. The molecule has 0 saturated heterocycles. The summed E-state index contributed by atoms with van der Waals surface area (Å²) < 4.78 is 5.56. The highest BCUT2D eigenvalue weighted by Gasteiger charge is 2.39. The van der Waals surface area contributed by atoms with Crippen LogP contribution in [0.5, 0.6) is 0 Å². The predicted octanol–water partition coefficient (Wildman–Crippen LogP) is 1.27. The van der Waals surface area contributed by atoms with Gasteiger partial charge in [0.25, 0.3) is 0 Å². The number of carbonyl (C=O) groups excluding carboxylic acids is 1. The number of halogens is 1. The Morgan fingerprint density at radius 1 is 1.38 bits per heavy atom. The molecule has 0 aliphatic rings. The normalized spacial score (nSPS) is 12.1. The first kappa shape index (κ1) is 18.2. The molecule has 21 heavy (non-hydrogen) atoms. The average Bonchev–Trinajstić information content (AvgIpc) is 2.37. The Kier molecular flexibility index (Phi) is 5.98. The molecule has 5 nitrogen and oxygen atoms in total. The van der Waals surface area contributed by atoms with Crippen LogP contribution in [-0.2, 0) is 9.45 Å². The third-order valence-corrected chi connectivity index (χ3v) is 3.97. The smallest absolute Gasteiger partial charge is 0.423 e. The first-order chi connectivity index (χ1) is 9.56. The third kappa shape index (κ3) is 5.11. The predicted molar refractivity (Wildman–Crippen MR) is 87.9 cm³/mol. The fourth-order valence-corrected chi connectivity index (χ4v) is 1.60. The number of hydrogen-bond donors (Lipinski definition) is 3. The van der Waals surface area contributed by atoms with E-state index in [2.05, 4.69) is 21.2 Å². The molecule has 0 saturated carbocycles. The minimum Gasteiger partial charge on any atom is -0.423 e. The molecule has 1 aromatic carbocycles. The third-order valence-electron chi connectivity index (χ3n) is 3.46. The number of benzene rings is 1. The Hall–Kier alpha value is -0.885. The van der Waals surface area contributed by atoms with Crippen molar-refractivity contribution in [3.8, 4) is 0 Å². The van der Waals surface area contributed by atoms with Crippen molar-refractivity contribution in [2.45, 2.75) is 38.9 Å². The molecule has 0 aliphatic heterocycles. The Morgan fingerprint density at radius 3 is 2.52 bits per heavy atom. The maximum absolute atomic E-state index is 11.3. The van der Waals surface area contributed by atoms with Gasteiger partial charge in [-0.05, 0) is 45.3 Å². The molecule has 0 unspecified atom stereocenters. The van der Waals surface area contributed by atoms with Crippen molar-refractivity contribution < 1.29 is 19.6 Å². The lowest BCUT2D eigenvalue weighted by Crippen LogP contribution is -2.53. The lowest BCUT2D eigenvalue weighted by molar-refractivity contribution is -0.113. The summed E-state index contributed by atoms with van der Waals surface area (Å²) in [7, 11) is -1.20. The summed E-state index contributed by atoms with van der Waals surface area (Å²) in [6, 6.07) is 6.75. The average molecular weight is 358 g/mol. The van der Waals surface area contributed by atoms with Crippen LogP contribution in [0.3, 0.4) is 0 Å². The SMILES string of the molecule is CC(C)(O)C(C)(C)OB(O)c1cccc(NC(=O)CBr)c1. The molecule has 0 fully saturated rings. The highest BCUT2D eigenvalue weighted by Crippen LogP contribution is 2.25. The summed E-state index contributed by atoms with van der Waals surface area (Å²) in [5, 5.41) is 23.1. The highest BCUT2D eigenvalue weighted by molar-refractivity contribution is 9.09. The van der Waals surface area contributed by atoms with Crippen LogP contribution in [0.4, 0.5) is 5.69 Å². The molecule has 1 amide bonds. The van der Waals surface area contributed by atoms with E-state index in [1.165, 1.54) is 0 Å². The van der Waals surface area contributed by atoms with Crippen LogP contribution in [-0.4, -0.2) is 39.7 Å². The Morgan fingerprint density at radius 2 is 2.00 bits per heavy atom. The molecule has 0 radical (unpaired) electrons. The lowest BCUT2D eigenvalue weighted by Gasteiger charge is -2.38. The van der Waals surface area contributed by atoms with Crippen LogP contribution in [0.25, 0.3) is 0 Å². The number of carbonyl (C=O) groups is 1. The molecule has 0 heterocycles. The number of nitrogens with one attached hydrogen (secondary N) is 1. The molecule has 0 atom stereocenters. The van der Waals surface area contributed by atoms with Crippen LogP contribution < -0.4 is 10.8 Å². The maximum atomic E-state index is 11.3. The van der Waals surface area contributed by atoms with Crippen LogP contribution in [0, 0.1) is 0 Å². The van der Waals surface area contributed by atoms with Crippen molar-refractivity contribution in [2.24, 2.45) is 0 Å². The molecule has 0 aromatic heterocycles. The summed E-state index contributed by atoms with van der Waals surface area (Å²) in [5.41, 5.74) is -0.988. The van der Waals surface area contributed by atoms with Crippen molar-refractivity contribution in [3.05, 3.63) is 24.3 Å². The van der Waals surface area contributed by atoms with Gasteiger partial charge in [0.15, 0.2) is 0 Å². The number of rotatable bonds is 6. The van der Waals surface area contributed by atoms with Gasteiger partial charge in [0.2, 0.25) is 5.91 Å². The van der Waals surface area contributed by atoms with Crippen molar-refractivity contribution >= 4 is 40.1 Å². The molecule has 7 heteroatoms. The minimum absolute atomic E-state index is 0.181. The number of hydrogen-bond acceptors (Lipinski definition) is 4. The summed E-state index contributed by atoms with van der Waals surface area (Å²) >= 11 is 3.07. The minimum atomic E-state index is -1.20. The lowest BCUT2D eigenvalue weighted by atomic mass is 9.76. The van der Waals surface area contributed by atoms with E-state index in [0.29, 0.717) is 11.2 Å². The highest BCUT2D eigenvalue weighted by atomic mass is 79.9. The quantitative estimate of drug-likeness (QED) is 0.529. The second-order valence-corrected chi connectivity index (χ2v) is 6.41. The zero-order valence-electron chi connectivity index (χ0n) is 12.7. The molecule has 0 bridgehead atoms. The number of alkyl halides is 1. The second-order valence-electron chi connectivity index (χ2n) is 5.85. The van der Waals surface area contributed by atoms with Gasteiger partial charge in [-0.15, -0.1) is 0 Å². The first-order valence-electron chi connectivity index (χ1n) is 6.61. The van der Waals surface area contributed by atoms with Crippen molar-refractivity contribution in [3.63, 3.8) is 0 Å². The Balaban J connectivity index is 2.86. The van der Waals surface area contributed by atoms with Crippen LogP contribution >= 0.6 is 15.9 Å². The van der Waals surface area contributed by atoms with Gasteiger partial charge in [-0.2, -0.15) is 0 Å².